The molecule has 0 amide bonds. The van der Waals surface area contributed by atoms with E-state index in [0.29, 0.717) is 15.6 Å². The minimum absolute atomic E-state index is 0.227. The molecule has 19 heavy (non-hydrogen) atoms. The lowest BCUT2D eigenvalue weighted by Crippen LogP contribution is -2.19. The highest BCUT2D eigenvalue weighted by atomic mass is 35.5. The molecule has 100 valence electrons. The molecule has 0 heterocycles. The highest BCUT2D eigenvalue weighted by Crippen LogP contribution is 2.29. The van der Waals surface area contributed by atoms with E-state index in [0.717, 1.165) is 11.1 Å². The molecule has 0 spiro atoms. The van der Waals surface area contributed by atoms with Crippen molar-refractivity contribution >= 4 is 23.2 Å². The molecule has 0 aliphatic rings. The number of halogens is 3. The normalized spacial score (nSPS) is 12.5. The molecule has 1 N–H and O–H groups in total. The van der Waals surface area contributed by atoms with Gasteiger partial charge in [0, 0.05) is 15.6 Å². The number of nitrogens with one attached hydrogen (secondary N) is 1. The first-order valence-corrected chi connectivity index (χ1v) is 6.66. The Morgan fingerprint density at radius 2 is 1.58 bits per heavy atom. The van der Waals surface area contributed by atoms with Gasteiger partial charge in [0.05, 0.1) is 6.04 Å². The summed E-state index contributed by atoms with van der Waals surface area (Å²) in [5.41, 5.74) is 2.58. The van der Waals surface area contributed by atoms with E-state index in [2.05, 4.69) is 5.32 Å². The summed E-state index contributed by atoms with van der Waals surface area (Å²) in [6.07, 6.45) is 0. The fourth-order valence-electron chi connectivity index (χ4n) is 2.18. The largest absolute Gasteiger partial charge is 0.309 e. The second-order valence-electron chi connectivity index (χ2n) is 4.39. The first kappa shape index (κ1) is 14.3. The van der Waals surface area contributed by atoms with Gasteiger partial charge in [-0.05, 0) is 49.4 Å². The molecule has 2 aromatic carbocycles. The quantitative estimate of drug-likeness (QED) is 0.862. The molecule has 1 unspecified atom stereocenters. The Balaban J connectivity index is 2.50. The first-order chi connectivity index (χ1) is 9.02. The van der Waals surface area contributed by atoms with Crippen molar-refractivity contribution in [1.29, 1.82) is 0 Å². The van der Waals surface area contributed by atoms with E-state index in [1.807, 2.05) is 25.1 Å². The second kappa shape index (κ2) is 5.91. The Morgan fingerprint density at radius 3 is 2.11 bits per heavy atom. The number of benzene rings is 2. The third-order valence-corrected chi connectivity index (χ3v) is 3.58. The lowest BCUT2D eigenvalue weighted by Gasteiger charge is -2.20. The maximum absolute atomic E-state index is 14.0. The van der Waals surface area contributed by atoms with Crippen LogP contribution in [0.25, 0.3) is 0 Å². The highest BCUT2D eigenvalue weighted by Gasteiger charge is 2.18. The summed E-state index contributed by atoms with van der Waals surface area (Å²) < 4.78 is 14.0. The Hall–Kier alpha value is -1.09. The van der Waals surface area contributed by atoms with Crippen LogP contribution < -0.4 is 5.32 Å². The lowest BCUT2D eigenvalue weighted by molar-refractivity contribution is 0.575. The predicted molar refractivity (Wildman–Crippen MR) is 78.5 cm³/mol. The van der Waals surface area contributed by atoms with Crippen molar-refractivity contribution in [2.75, 3.05) is 7.05 Å². The van der Waals surface area contributed by atoms with E-state index in [1.165, 1.54) is 6.07 Å². The molecule has 0 saturated heterocycles. The number of hydrogen-bond acceptors (Lipinski definition) is 1. The Kier molecular flexibility index (Phi) is 4.46. The number of hydrogen-bond donors (Lipinski definition) is 1. The Bertz CT molecular complexity index is 547. The van der Waals surface area contributed by atoms with Crippen molar-refractivity contribution in [2.24, 2.45) is 0 Å². The molecule has 4 heteroatoms. The summed E-state index contributed by atoms with van der Waals surface area (Å²) in [6.45, 7) is 1.96. The standard InChI is InChI=1S/C15H14Cl2FN/c1-9-7-10(16)3-5-12(9)15(19-2)13-6-4-11(17)8-14(13)18/h3-8,15,19H,1-2H3. The van der Waals surface area contributed by atoms with Gasteiger partial charge in [0.25, 0.3) is 0 Å². The van der Waals surface area contributed by atoms with Gasteiger partial charge in [0.2, 0.25) is 0 Å². The van der Waals surface area contributed by atoms with Crippen LogP contribution in [0.3, 0.4) is 0 Å². The molecule has 0 bridgehead atoms. The monoisotopic (exact) mass is 297 g/mol. The van der Waals surface area contributed by atoms with Crippen molar-refractivity contribution in [3.05, 3.63) is 69.0 Å². The predicted octanol–water partition coefficient (Wildman–Crippen LogP) is 4.75. The van der Waals surface area contributed by atoms with Gasteiger partial charge >= 0.3 is 0 Å². The molecule has 0 fully saturated rings. The minimum Gasteiger partial charge on any atom is -0.309 e. The summed E-state index contributed by atoms with van der Waals surface area (Å²) in [7, 11) is 1.80. The molecule has 0 radical (unpaired) electrons. The van der Waals surface area contributed by atoms with Crippen molar-refractivity contribution in [2.45, 2.75) is 13.0 Å². The third-order valence-electron chi connectivity index (χ3n) is 3.11. The maximum atomic E-state index is 14.0. The molecule has 2 aromatic rings. The maximum Gasteiger partial charge on any atom is 0.129 e. The Labute approximate surface area is 122 Å². The number of aryl methyl sites for hydroxylation is 1. The van der Waals surface area contributed by atoms with Crippen LogP contribution in [0.15, 0.2) is 36.4 Å². The van der Waals surface area contributed by atoms with Crippen molar-refractivity contribution in [3.63, 3.8) is 0 Å². The van der Waals surface area contributed by atoms with Crippen molar-refractivity contribution in [1.82, 2.24) is 5.32 Å². The van der Waals surface area contributed by atoms with Gasteiger partial charge in [-0.1, -0.05) is 35.3 Å². The molecular weight excluding hydrogens is 284 g/mol. The molecule has 0 aliphatic carbocycles. The summed E-state index contributed by atoms with van der Waals surface area (Å²) in [6, 6.07) is 10.1. The average Bonchev–Trinajstić information content (AvgIpc) is 2.34. The van der Waals surface area contributed by atoms with Gasteiger partial charge < -0.3 is 5.32 Å². The first-order valence-electron chi connectivity index (χ1n) is 5.91. The average molecular weight is 298 g/mol. The topological polar surface area (TPSA) is 12.0 Å². The molecule has 0 aliphatic heterocycles. The van der Waals surface area contributed by atoms with Gasteiger partial charge in [-0.2, -0.15) is 0 Å². The van der Waals surface area contributed by atoms with Gasteiger partial charge in [-0.15, -0.1) is 0 Å². The smallest absolute Gasteiger partial charge is 0.129 e. The van der Waals surface area contributed by atoms with E-state index < -0.39 is 0 Å². The summed E-state index contributed by atoms with van der Waals surface area (Å²) in [5.74, 6) is -0.318. The molecule has 2 rings (SSSR count). The second-order valence-corrected chi connectivity index (χ2v) is 5.26. The zero-order valence-electron chi connectivity index (χ0n) is 10.7. The summed E-state index contributed by atoms with van der Waals surface area (Å²) in [4.78, 5) is 0. The van der Waals surface area contributed by atoms with Crippen molar-refractivity contribution in [3.8, 4) is 0 Å². The van der Waals surface area contributed by atoms with Gasteiger partial charge in [0.15, 0.2) is 0 Å². The van der Waals surface area contributed by atoms with Crippen LogP contribution in [0.2, 0.25) is 10.0 Å². The van der Waals surface area contributed by atoms with Crippen LogP contribution in [-0.2, 0) is 0 Å². The van der Waals surface area contributed by atoms with E-state index in [9.17, 15) is 4.39 Å². The van der Waals surface area contributed by atoms with Gasteiger partial charge in [-0.3, -0.25) is 0 Å². The molecule has 1 nitrogen and oxygen atoms in total. The fourth-order valence-corrected chi connectivity index (χ4v) is 2.56. The zero-order chi connectivity index (χ0) is 14.0. The van der Waals surface area contributed by atoms with Gasteiger partial charge in [-0.25, -0.2) is 4.39 Å². The van der Waals surface area contributed by atoms with E-state index in [4.69, 9.17) is 23.2 Å². The Morgan fingerprint density at radius 1 is 1.00 bits per heavy atom. The van der Waals surface area contributed by atoms with Crippen molar-refractivity contribution < 1.29 is 4.39 Å². The summed E-state index contributed by atoms with van der Waals surface area (Å²) >= 11 is 11.7. The lowest BCUT2D eigenvalue weighted by atomic mass is 9.95. The SMILES string of the molecule is CNC(c1ccc(Cl)cc1C)c1ccc(Cl)cc1F. The molecular formula is C15H14Cl2FN. The highest BCUT2D eigenvalue weighted by molar-refractivity contribution is 6.30. The van der Waals surface area contributed by atoms with E-state index >= 15 is 0 Å². The minimum atomic E-state index is -0.318. The van der Waals surface area contributed by atoms with Crippen LogP contribution in [0.1, 0.15) is 22.7 Å². The molecule has 0 aromatic heterocycles. The van der Waals surface area contributed by atoms with Crippen LogP contribution in [0.5, 0.6) is 0 Å². The van der Waals surface area contributed by atoms with Crippen LogP contribution >= 0.6 is 23.2 Å². The van der Waals surface area contributed by atoms with Gasteiger partial charge in [0.1, 0.15) is 5.82 Å². The third kappa shape index (κ3) is 3.08. The van der Waals surface area contributed by atoms with Crippen LogP contribution in [0.4, 0.5) is 4.39 Å². The van der Waals surface area contributed by atoms with Crippen LogP contribution in [0, 0.1) is 12.7 Å². The van der Waals surface area contributed by atoms with Crippen LogP contribution in [-0.4, -0.2) is 7.05 Å². The molecule has 0 saturated carbocycles. The summed E-state index contributed by atoms with van der Waals surface area (Å²) in [5, 5.41) is 4.20. The zero-order valence-corrected chi connectivity index (χ0v) is 12.2. The number of rotatable bonds is 3. The fraction of sp³-hybridized carbons (Fsp3) is 0.200. The van der Waals surface area contributed by atoms with E-state index in [-0.39, 0.29) is 11.9 Å². The molecule has 1 atom stereocenters. The van der Waals surface area contributed by atoms with E-state index in [1.54, 1.807) is 19.2 Å².